The molecule has 0 unspecified atom stereocenters. The molecule has 0 fully saturated rings. The summed E-state index contributed by atoms with van der Waals surface area (Å²) in [7, 11) is 0. The number of rotatable bonds is 3. The van der Waals surface area contributed by atoms with Crippen molar-refractivity contribution in [2.24, 2.45) is 0 Å². The quantitative estimate of drug-likeness (QED) is 0.686. The molecule has 110 valence electrons. The van der Waals surface area contributed by atoms with Crippen molar-refractivity contribution in [2.75, 3.05) is 6.61 Å². The van der Waals surface area contributed by atoms with Crippen molar-refractivity contribution in [2.45, 2.75) is 6.92 Å². The van der Waals surface area contributed by atoms with Gasteiger partial charge in [0.2, 0.25) is 0 Å². The van der Waals surface area contributed by atoms with Gasteiger partial charge in [-0.25, -0.2) is 9.48 Å². The molecule has 0 aliphatic heterocycles. The maximum absolute atomic E-state index is 11.9. The van der Waals surface area contributed by atoms with Crippen LogP contribution in [0.4, 0.5) is 0 Å². The first-order valence-corrected chi connectivity index (χ1v) is 7.59. The molecule has 2 aromatic heterocycles. The van der Waals surface area contributed by atoms with E-state index in [1.54, 1.807) is 22.9 Å². The van der Waals surface area contributed by atoms with Gasteiger partial charge in [0.15, 0.2) is 6.61 Å². The van der Waals surface area contributed by atoms with Crippen LogP contribution in [0.2, 0.25) is 5.02 Å². The second-order valence-electron chi connectivity index (χ2n) is 4.51. The summed E-state index contributed by atoms with van der Waals surface area (Å²) in [6, 6.07) is 10.9. The van der Waals surface area contributed by atoms with Crippen molar-refractivity contribution in [1.29, 1.82) is 5.26 Å². The Balaban J connectivity index is 2.10. The topological polar surface area (TPSA) is 67.9 Å². The smallest absolute Gasteiger partial charge is 0.349 e. The summed E-state index contributed by atoms with van der Waals surface area (Å²) in [6.07, 6.45) is 0. The van der Waals surface area contributed by atoms with Gasteiger partial charge in [0, 0.05) is 5.39 Å². The summed E-state index contributed by atoms with van der Waals surface area (Å²) in [6.45, 7) is 1.61. The zero-order valence-electron chi connectivity index (χ0n) is 11.5. The van der Waals surface area contributed by atoms with Crippen LogP contribution in [0.3, 0.4) is 0 Å². The Morgan fingerprint density at radius 2 is 2.27 bits per heavy atom. The normalized spacial score (nSPS) is 10.6. The average Bonchev–Trinajstić information content (AvgIpc) is 3.07. The second kappa shape index (κ2) is 5.79. The highest BCUT2D eigenvalue weighted by molar-refractivity contribution is 7.20. The standard InChI is InChI=1S/C15H10ClN3O2S/c1-9-10-8-13(15(20)21-7-6-17)22-14(10)19(18-9)12-5-3-2-4-11(12)16/h2-5,8H,7H2,1H3. The zero-order chi connectivity index (χ0) is 15.7. The number of esters is 1. The minimum absolute atomic E-state index is 0.261. The zero-order valence-corrected chi connectivity index (χ0v) is 13.1. The first kappa shape index (κ1) is 14.6. The summed E-state index contributed by atoms with van der Waals surface area (Å²) >= 11 is 7.49. The minimum atomic E-state index is -0.507. The van der Waals surface area contributed by atoms with E-state index in [2.05, 4.69) is 5.10 Å². The van der Waals surface area contributed by atoms with Crippen LogP contribution < -0.4 is 0 Å². The second-order valence-corrected chi connectivity index (χ2v) is 5.95. The van der Waals surface area contributed by atoms with Gasteiger partial charge in [-0.05, 0) is 25.1 Å². The van der Waals surface area contributed by atoms with Crippen LogP contribution in [0.25, 0.3) is 15.9 Å². The molecule has 5 nitrogen and oxygen atoms in total. The van der Waals surface area contributed by atoms with Crippen molar-refractivity contribution in [3.63, 3.8) is 0 Å². The van der Waals surface area contributed by atoms with E-state index in [0.29, 0.717) is 9.90 Å². The van der Waals surface area contributed by atoms with Crippen LogP contribution in [0.15, 0.2) is 30.3 Å². The first-order valence-electron chi connectivity index (χ1n) is 6.40. The Kier molecular flexibility index (Phi) is 3.84. The number of carbonyl (C=O) groups is 1. The Bertz CT molecular complexity index is 907. The molecule has 0 amide bonds. The number of benzene rings is 1. The summed E-state index contributed by atoms with van der Waals surface area (Å²) in [5.74, 6) is -0.507. The molecule has 3 aromatic rings. The van der Waals surface area contributed by atoms with E-state index in [1.165, 1.54) is 11.3 Å². The molecular weight excluding hydrogens is 322 g/mol. The van der Waals surface area contributed by atoms with Crippen molar-refractivity contribution in [3.8, 4) is 11.8 Å². The van der Waals surface area contributed by atoms with Crippen LogP contribution >= 0.6 is 22.9 Å². The number of hydrogen-bond donors (Lipinski definition) is 0. The fraction of sp³-hybridized carbons (Fsp3) is 0.133. The van der Waals surface area contributed by atoms with Gasteiger partial charge in [-0.3, -0.25) is 0 Å². The number of thiophene rings is 1. The highest BCUT2D eigenvalue weighted by atomic mass is 35.5. The lowest BCUT2D eigenvalue weighted by molar-refractivity contribution is 0.0561. The molecule has 7 heteroatoms. The maximum Gasteiger partial charge on any atom is 0.349 e. The van der Waals surface area contributed by atoms with Crippen LogP contribution in [0.5, 0.6) is 0 Å². The van der Waals surface area contributed by atoms with E-state index >= 15 is 0 Å². The minimum Gasteiger partial charge on any atom is -0.446 e. The molecule has 3 rings (SSSR count). The third-order valence-corrected chi connectivity index (χ3v) is 4.50. The Hall–Kier alpha value is -2.36. The van der Waals surface area contributed by atoms with E-state index in [4.69, 9.17) is 21.6 Å². The Morgan fingerprint density at radius 3 is 3.00 bits per heavy atom. The lowest BCUT2D eigenvalue weighted by Gasteiger charge is -2.04. The van der Waals surface area contributed by atoms with E-state index in [1.807, 2.05) is 25.1 Å². The number of nitrogens with zero attached hydrogens (tertiary/aromatic N) is 3. The molecule has 2 heterocycles. The largest absolute Gasteiger partial charge is 0.446 e. The van der Waals surface area contributed by atoms with Crippen molar-refractivity contribution in [1.82, 2.24) is 9.78 Å². The highest BCUT2D eigenvalue weighted by Crippen LogP contribution is 2.32. The predicted molar refractivity (Wildman–Crippen MR) is 84.6 cm³/mol. The molecule has 0 N–H and O–H groups in total. The number of para-hydroxylation sites is 1. The molecule has 22 heavy (non-hydrogen) atoms. The van der Waals surface area contributed by atoms with Gasteiger partial charge in [0.1, 0.15) is 15.8 Å². The molecular formula is C15H10ClN3O2S. The third kappa shape index (κ3) is 2.45. The van der Waals surface area contributed by atoms with Gasteiger partial charge in [-0.1, -0.05) is 23.7 Å². The maximum atomic E-state index is 11.9. The highest BCUT2D eigenvalue weighted by Gasteiger charge is 2.18. The van der Waals surface area contributed by atoms with Crippen molar-refractivity contribution >= 4 is 39.1 Å². The van der Waals surface area contributed by atoms with Gasteiger partial charge < -0.3 is 4.74 Å². The number of hydrogen-bond acceptors (Lipinski definition) is 5. The number of aryl methyl sites for hydroxylation is 1. The predicted octanol–water partition coefficient (Wildman–Crippen LogP) is 3.73. The van der Waals surface area contributed by atoms with E-state index in [0.717, 1.165) is 21.6 Å². The summed E-state index contributed by atoms with van der Waals surface area (Å²) in [5.41, 5.74) is 1.55. The summed E-state index contributed by atoms with van der Waals surface area (Å²) in [5, 5.41) is 14.4. The fourth-order valence-electron chi connectivity index (χ4n) is 2.10. The third-order valence-electron chi connectivity index (χ3n) is 3.09. The van der Waals surface area contributed by atoms with Crippen LogP contribution in [0.1, 0.15) is 15.4 Å². The van der Waals surface area contributed by atoms with Crippen LogP contribution in [0, 0.1) is 18.3 Å². The fourth-order valence-corrected chi connectivity index (χ4v) is 3.39. The Labute approximate surface area is 135 Å². The average molecular weight is 332 g/mol. The van der Waals surface area contributed by atoms with Gasteiger partial charge in [0.05, 0.1) is 16.4 Å². The van der Waals surface area contributed by atoms with Gasteiger partial charge in [-0.2, -0.15) is 10.4 Å². The van der Waals surface area contributed by atoms with Gasteiger partial charge >= 0.3 is 5.97 Å². The van der Waals surface area contributed by atoms with E-state index < -0.39 is 5.97 Å². The molecule has 0 saturated heterocycles. The first-order chi connectivity index (χ1) is 10.6. The molecule has 1 aromatic carbocycles. The number of aromatic nitrogens is 2. The lowest BCUT2D eigenvalue weighted by Crippen LogP contribution is -2.03. The van der Waals surface area contributed by atoms with Gasteiger partial charge in [0.25, 0.3) is 0 Å². The monoisotopic (exact) mass is 331 g/mol. The van der Waals surface area contributed by atoms with Crippen molar-refractivity contribution < 1.29 is 9.53 Å². The molecule has 0 spiro atoms. The number of ether oxygens (including phenoxy) is 1. The van der Waals surface area contributed by atoms with E-state index in [9.17, 15) is 4.79 Å². The van der Waals surface area contributed by atoms with Crippen LogP contribution in [-0.4, -0.2) is 22.4 Å². The molecule has 0 aliphatic carbocycles. The Morgan fingerprint density at radius 1 is 1.50 bits per heavy atom. The summed E-state index contributed by atoms with van der Waals surface area (Å²) < 4.78 is 6.56. The molecule has 0 saturated carbocycles. The summed E-state index contributed by atoms with van der Waals surface area (Å²) in [4.78, 5) is 13.1. The molecule has 0 atom stereocenters. The SMILES string of the molecule is Cc1nn(-c2ccccc2Cl)c2sc(C(=O)OCC#N)cc12. The number of carbonyl (C=O) groups excluding carboxylic acids is 1. The van der Waals surface area contributed by atoms with Gasteiger partial charge in [-0.15, -0.1) is 11.3 Å². The van der Waals surface area contributed by atoms with E-state index in [-0.39, 0.29) is 6.61 Å². The number of nitriles is 1. The van der Waals surface area contributed by atoms with Crippen LogP contribution in [-0.2, 0) is 4.74 Å². The number of fused-ring (bicyclic) bond motifs is 1. The molecule has 0 radical (unpaired) electrons. The molecule has 0 aliphatic rings. The van der Waals surface area contributed by atoms with Crippen molar-refractivity contribution in [3.05, 3.63) is 45.9 Å². The lowest BCUT2D eigenvalue weighted by atomic mass is 10.3. The molecule has 0 bridgehead atoms. The number of halogens is 1.